The molecule has 30 heavy (non-hydrogen) atoms. The Labute approximate surface area is 174 Å². The molecule has 172 valence electrons. The number of hydrogen-bond acceptors (Lipinski definition) is 6. The van der Waals surface area contributed by atoms with Gasteiger partial charge in [0.25, 0.3) is 0 Å². The Bertz CT molecular complexity index is 622. The number of amides is 3. The van der Waals surface area contributed by atoms with E-state index in [2.05, 4.69) is 10.6 Å². The number of hydrogen-bond donors (Lipinski definition) is 7. The molecule has 0 spiro atoms. The highest BCUT2D eigenvalue weighted by molar-refractivity contribution is 5.86. The Balaban J connectivity index is 4.45. The van der Waals surface area contributed by atoms with Crippen LogP contribution in [0.1, 0.15) is 52.4 Å². The van der Waals surface area contributed by atoms with Gasteiger partial charge in [0.15, 0.2) is 0 Å². The summed E-state index contributed by atoms with van der Waals surface area (Å²) < 4.78 is 0. The van der Waals surface area contributed by atoms with E-state index >= 15 is 0 Å². The van der Waals surface area contributed by atoms with E-state index in [1.807, 2.05) is 5.32 Å². The summed E-state index contributed by atoms with van der Waals surface area (Å²) in [5, 5.41) is 42.7. The topological polar surface area (TPSA) is 202 Å². The van der Waals surface area contributed by atoms with Crippen molar-refractivity contribution >= 4 is 29.8 Å². The van der Waals surface area contributed by atoms with Gasteiger partial charge in [-0.3, -0.25) is 9.59 Å². The Kier molecular flexibility index (Phi) is 12.1. The fourth-order valence-corrected chi connectivity index (χ4v) is 2.45. The molecule has 0 rings (SSSR count). The minimum Gasteiger partial charge on any atom is -0.481 e. The van der Waals surface area contributed by atoms with Gasteiger partial charge in [-0.25, -0.2) is 14.4 Å². The monoisotopic (exact) mass is 433 g/mol. The van der Waals surface area contributed by atoms with E-state index in [0.29, 0.717) is 25.8 Å². The van der Waals surface area contributed by atoms with Crippen molar-refractivity contribution in [2.45, 2.75) is 64.5 Å². The maximum Gasteiger partial charge on any atom is 0.326 e. The van der Waals surface area contributed by atoms with Crippen LogP contribution in [-0.4, -0.2) is 75.5 Å². The van der Waals surface area contributed by atoms with Gasteiger partial charge in [0, 0.05) is 25.0 Å². The van der Waals surface area contributed by atoms with Gasteiger partial charge >= 0.3 is 23.9 Å². The minimum absolute atomic E-state index is 0.0471. The highest BCUT2D eigenvalue weighted by atomic mass is 16.4. The second kappa shape index (κ2) is 13.4. The first-order valence-corrected chi connectivity index (χ1v) is 9.54. The first-order valence-electron chi connectivity index (χ1n) is 9.54. The molecular formula is C18H31N3O9. The number of nitrogens with one attached hydrogen (secondary N) is 3. The van der Waals surface area contributed by atoms with Crippen LogP contribution in [0.25, 0.3) is 0 Å². The Morgan fingerprint density at radius 1 is 0.867 bits per heavy atom. The SMILES string of the molecule is CC(C)(CCO)C(=O)NCCCC[C@H](NC(=O)NC(CCC(=O)O)C(=O)O)C(=O)O. The molecule has 0 radical (unpaired) electrons. The average molecular weight is 433 g/mol. The molecule has 0 aromatic heterocycles. The van der Waals surface area contributed by atoms with Gasteiger partial charge < -0.3 is 36.4 Å². The maximum atomic E-state index is 12.0. The van der Waals surface area contributed by atoms with E-state index in [9.17, 15) is 29.1 Å². The summed E-state index contributed by atoms with van der Waals surface area (Å²) in [6, 6.07) is -3.77. The van der Waals surface area contributed by atoms with Crippen LogP contribution in [0.4, 0.5) is 4.79 Å². The molecule has 0 saturated carbocycles. The fourth-order valence-electron chi connectivity index (χ4n) is 2.45. The summed E-state index contributed by atoms with van der Waals surface area (Å²) in [7, 11) is 0. The zero-order valence-electron chi connectivity index (χ0n) is 17.1. The van der Waals surface area contributed by atoms with E-state index in [1.165, 1.54) is 0 Å². The smallest absolute Gasteiger partial charge is 0.326 e. The average Bonchev–Trinajstić information content (AvgIpc) is 2.62. The standard InChI is InChI=1S/C18H31N3O9/c1-18(2,8-10-22)16(29)19-9-4-3-5-11(14(25)26)20-17(30)21-12(15(27)28)6-7-13(23)24/h11-12,22H,3-10H2,1-2H3,(H,19,29)(H,23,24)(H,25,26)(H,27,28)(H2,20,21,30)/t11-,12?/m0/s1. The van der Waals surface area contributed by atoms with Gasteiger partial charge in [-0.2, -0.15) is 0 Å². The molecule has 0 saturated heterocycles. The number of urea groups is 1. The van der Waals surface area contributed by atoms with Crippen molar-refractivity contribution in [3.05, 3.63) is 0 Å². The summed E-state index contributed by atoms with van der Waals surface area (Å²) >= 11 is 0. The van der Waals surface area contributed by atoms with Crippen LogP contribution >= 0.6 is 0 Å². The Morgan fingerprint density at radius 3 is 1.87 bits per heavy atom. The van der Waals surface area contributed by atoms with Crippen LogP contribution in [-0.2, 0) is 19.2 Å². The van der Waals surface area contributed by atoms with Gasteiger partial charge in [-0.1, -0.05) is 13.8 Å². The molecule has 0 aromatic carbocycles. The lowest BCUT2D eigenvalue weighted by molar-refractivity contribution is -0.140. The first-order chi connectivity index (χ1) is 13.9. The van der Waals surface area contributed by atoms with Gasteiger partial charge in [0.2, 0.25) is 5.91 Å². The van der Waals surface area contributed by atoms with E-state index in [0.717, 1.165) is 0 Å². The highest BCUT2D eigenvalue weighted by Crippen LogP contribution is 2.19. The Hall–Kier alpha value is -2.89. The Morgan fingerprint density at radius 2 is 1.40 bits per heavy atom. The van der Waals surface area contributed by atoms with Crippen molar-refractivity contribution in [2.75, 3.05) is 13.2 Å². The molecule has 0 aliphatic heterocycles. The van der Waals surface area contributed by atoms with Crippen molar-refractivity contribution < 1.29 is 44.4 Å². The van der Waals surface area contributed by atoms with E-state index in [-0.39, 0.29) is 25.4 Å². The number of carboxylic acids is 3. The summed E-state index contributed by atoms with van der Waals surface area (Å²) in [6.07, 6.45) is 0.348. The summed E-state index contributed by atoms with van der Waals surface area (Å²) in [5.41, 5.74) is -0.723. The van der Waals surface area contributed by atoms with Crippen LogP contribution in [0.5, 0.6) is 0 Å². The fraction of sp³-hybridized carbons (Fsp3) is 0.722. The third-order valence-electron chi connectivity index (χ3n) is 4.41. The van der Waals surface area contributed by atoms with Crippen LogP contribution < -0.4 is 16.0 Å². The number of carbonyl (C=O) groups excluding carboxylic acids is 2. The van der Waals surface area contributed by atoms with E-state index in [1.54, 1.807) is 13.8 Å². The maximum absolute atomic E-state index is 12.0. The predicted molar refractivity (Wildman–Crippen MR) is 104 cm³/mol. The molecule has 0 aliphatic rings. The number of aliphatic carboxylic acids is 3. The summed E-state index contributed by atoms with van der Waals surface area (Å²) in [4.78, 5) is 56.8. The van der Waals surface area contributed by atoms with Gasteiger partial charge in [0.1, 0.15) is 12.1 Å². The third kappa shape index (κ3) is 11.2. The molecule has 12 nitrogen and oxygen atoms in total. The highest BCUT2D eigenvalue weighted by Gasteiger charge is 2.27. The van der Waals surface area contributed by atoms with E-state index in [4.69, 9.17) is 15.3 Å². The van der Waals surface area contributed by atoms with Gasteiger partial charge in [0.05, 0.1) is 0 Å². The summed E-state index contributed by atoms with van der Waals surface area (Å²) in [5.74, 6) is -4.20. The van der Waals surface area contributed by atoms with Gasteiger partial charge in [-0.05, 0) is 32.1 Å². The molecule has 0 aliphatic carbocycles. The zero-order chi connectivity index (χ0) is 23.3. The molecule has 0 aromatic rings. The molecule has 7 N–H and O–H groups in total. The number of unbranched alkanes of at least 4 members (excludes halogenated alkanes) is 1. The van der Waals surface area contributed by atoms with Crippen molar-refractivity contribution in [1.82, 2.24) is 16.0 Å². The molecule has 2 atom stereocenters. The number of carbonyl (C=O) groups is 5. The molecule has 0 heterocycles. The van der Waals surface area contributed by atoms with Crippen LogP contribution in [0.15, 0.2) is 0 Å². The molecule has 12 heteroatoms. The van der Waals surface area contributed by atoms with Gasteiger partial charge in [-0.15, -0.1) is 0 Å². The van der Waals surface area contributed by atoms with Crippen LogP contribution in [0.2, 0.25) is 0 Å². The predicted octanol–water partition coefficient (Wildman–Crippen LogP) is -0.248. The van der Waals surface area contributed by atoms with Crippen molar-refractivity contribution in [3.63, 3.8) is 0 Å². The molecule has 1 unspecified atom stereocenters. The minimum atomic E-state index is -1.46. The van der Waals surface area contributed by atoms with E-state index < -0.39 is 47.9 Å². The number of aliphatic hydroxyl groups excluding tert-OH is 1. The number of rotatable bonds is 15. The van der Waals surface area contributed by atoms with Crippen LogP contribution in [0, 0.1) is 5.41 Å². The van der Waals surface area contributed by atoms with Crippen molar-refractivity contribution in [3.8, 4) is 0 Å². The zero-order valence-corrected chi connectivity index (χ0v) is 17.1. The normalized spacial score (nSPS) is 13.0. The van der Waals surface area contributed by atoms with Crippen LogP contribution in [0.3, 0.4) is 0 Å². The first kappa shape index (κ1) is 27.1. The quantitative estimate of drug-likeness (QED) is 0.170. The molecule has 0 fully saturated rings. The lowest BCUT2D eigenvalue weighted by Crippen LogP contribution is -2.51. The molecule has 3 amide bonds. The third-order valence-corrected chi connectivity index (χ3v) is 4.41. The lowest BCUT2D eigenvalue weighted by atomic mass is 9.88. The number of aliphatic hydroxyl groups is 1. The molecule has 0 bridgehead atoms. The van der Waals surface area contributed by atoms with Crippen molar-refractivity contribution in [2.24, 2.45) is 5.41 Å². The lowest BCUT2D eigenvalue weighted by Gasteiger charge is -2.22. The van der Waals surface area contributed by atoms with Crippen molar-refractivity contribution in [1.29, 1.82) is 0 Å². The second-order valence-electron chi connectivity index (χ2n) is 7.44. The second-order valence-corrected chi connectivity index (χ2v) is 7.44. The number of carboxylic acid groups (broad SMARTS) is 3. The largest absolute Gasteiger partial charge is 0.481 e. The molecular weight excluding hydrogens is 402 g/mol. The summed E-state index contributed by atoms with van der Waals surface area (Å²) in [6.45, 7) is 3.57.